The van der Waals surface area contributed by atoms with E-state index in [0.29, 0.717) is 11.6 Å². The number of para-hydroxylation sites is 1. The van der Waals surface area contributed by atoms with Crippen LogP contribution in [0, 0.1) is 5.92 Å². The van der Waals surface area contributed by atoms with Crippen molar-refractivity contribution >= 4 is 16.8 Å². The fourth-order valence-corrected chi connectivity index (χ4v) is 2.50. The predicted octanol–water partition coefficient (Wildman–Crippen LogP) is 2.65. The van der Waals surface area contributed by atoms with Crippen LogP contribution in [0.1, 0.15) is 29.8 Å². The van der Waals surface area contributed by atoms with Gasteiger partial charge in [0, 0.05) is 11.9 Å². The number of nitrogens with one attached hydrogen (secondary N) is 2. The summed E-state index contributed by atoms with van der Waals surface area (Å²) in [6.07, 6.45) is 7.73. The van der Waals surface area contributed by atoms with E-state index in [4.69, 9.17) is 0 Å². The van der Waals surface area contributed by atoms with Crippen molar-refractivity contribution in [3.05, 3.63) is 42.1 Å². The number of aromatic amines is 1. The molecule has 0 spiro atoms. The average Bonchev–Trinajstić information content (AvgIpc) is 2.90. The summed E-state index contributed by atoms with van der Waals surface area (Å²) in [4.78, 5) is 12.2. The van der Waals surface area contributed by atoms with E-state index in [9.17, 15) is 4.79 Å². The van der Waals surface area contributed by atoms with Crippen LogP contribution in [-0.4, -0.2) is 22.6 Å². The van der Waals surface area contributed by atoms with Gasteiger partial charge in [-0.15, -0.1) is 0 Å². The Morgan fingerprint density at radius 2 is 2.26 bits per heavy atom. The number of benzene rings is 1. The number of fused-ring (bicyclic) bond motifs is 1. The lowest BCUT2D eigenvalue weighted by atomic mass is 9.94. The zero-order chi connectivity index (χ0) is 13.1. The van der Waals surface area contributed by atoms with Gasteiger partial charge >= 0.3 is 0 Å². The van der Waals surface area contributed by atoms with Crippen LogP contribution >= 0.6 is 0 Å². The summed E-state index contributed by atoms with van der Waals surface area (Å²) < 4.78 is 0. The second-order valence-electron chi connectivity index (χ2n) is 4.98. The van der Waals surface area contributed by atoms with E-state index in [2.05, 4.69) is 27.7 Å². The zero-order valence-corrected chi connectivity index (χ0v) is 10.7. The molecule has 1 aromatic heterocycles. The zero-order valence-electron chi connectivity index (χ0n) is 10.7. The summed E-state index contributed by atoms with van der Waals surface area (Å²) in [5.41, 5.74) is 1.38. The maximum absolute atomic E-state index is 12.2. The monoisotopic (exact) mass is 255 g/mol. The standard InChI is InChI=1S/C15H17N3O/c19-15(16-10-11-6-2-1-3-7-11)14-12-8-4-5-9-13(12)17-18-14/h1-2,4-5,8-9,11H,3,6-7,10H2,(H,16,19)(H,17,18). The molecule has 1 aliphatic carbocycles. The van der Waals surface area contributed by atoms with Crippen LogP contribution in [0.3, 0.4) is 0 Å². The maximum Gasteiger partial charge on any atom is 0.272 e. The van der Waals surface area contributed by atoms with E-state index >= 15 is 0 Å². The first-order valence-electron chi connectivity index (χ1n) is 6.71. The number of H-pyrrole nitrogens is 1. The summed E-state index contributed by atoms with van der Waals surface area (Å²) in [7, 11) is 0. The Morgan fingerprint density at radius 1 is 1.37 bits per heavy atom. The quantitative estimate of drug-likeness (QED) is 0.828. The van der Waals surface area contributed by atoms with Crippen molar-refractivity contribution in [2.45, 2.75) is 19.3 Å². The van der Waals surface area contributed by atoms with Gasteiger partial charge in [0.15, 0.2) is 5.69 Å². The molecule has 98 valence electrons. The highest BCUT2D eigenvalue weighted by molar-refractivity contribution is 6.04. The molecule has 0 bridgehead atoms. The fraction of sp³-hybridized carbons (Fsp3) is 0.333. The molecule has 0 aliphatic heterocycles. The first-order valence-corrected chi connectivity index (χ1v) is 6.71. The molecule has 4 nitrogen and oxygen atoms in total. The Morgan fingerprint density at radius 3 is 3.11 bits per heavy atom. The summed E-state index contributed by atoms with van der Waals surface area (Å²) in [5, 5.41) is 10.9. The molecule has 0 fully saturated rings. The summed E-state index contributed by atoms with van der Waals surface area (Å²) in [5.74, 6) is 0.464. The maximum atomic E-state index is 12.2. The topological polar surface area (TPSA) is 57.8 Å². The van der Waals surface area contributed by atoms with Gasteiger partial charge in [-0.2, -0.15) is 5.10 Å². The number of amides is 1. The minimum atomic E-state index is -0.0907. The number of rotatable bonds is 3. The Labute approximate surface area is 111 Å². The molecule has 0 saturated heterocycles. The normalized spacial score (nSPS) is 18.6. The van der Waals surface area contributed by atoms with E-state index in [1.54, 1.807) is 0 Å². The highest BCUT2D eigenvalue weighted by atomic mass is 16.1. The Hall–Kier alpha value is -2.10. The van der Waals surface area contributed by atoms with Gasteiger partial charge in [0.2, 0.25) is 0 Å². The van der Waals surface area contributed by atoms with E-state index in [-0.39, 0.29) is 5.91 Å². The van der Waals surface area contributed by atoms with Crippen LogP contribution in [0.4, 0.5) is 0 Å². The molecule has 1 aromatic carbocycles. The summed E-state index contributed by atoms with van der Waals surface area (Å²) in [6, 6.07) is 7.68. The second kappa shape index (κ2) is 5.26. The Kier molecular flexibility index (Phi) is 3.31. The third-order valence-electron chi connectivity index (χ3n) is 3.61. The van der Waals surface area contributed by atoms with E-state index in [0.717, 1.165) is 36.7 Å². The number of carbonyl (C=O) groups is 1. The van der Waals surface area contributed by atoms with Gasteiger partial charge in [-0.25, -0.2) is 0 Å². The molecule has 19 heavy (non-hydrogen) atoms. The van der Waals surface area contributed by atoms with Gasteiger partial charge in [-0.1, -0.05) is 30.4 Å². The fourth-order valence-electron chi connectivity index (χ4n) is 2.50. The molecule has 1 atom stereocenters. The molecular weight excluding hydrogens is 238 g/mol. The number of hydrogen-bond donors (Lipinski definition) is 2. The smallest absolute Gasteiger partial charge is 0.272 e. The van der Waals surface area contributed by atoms with Crippen molar-refractivity contribution in [1.82, 2.24) is 15.5 Å². The average molecular weight is 255 g/mol. The van der Waals surface area contributed by atoms with Gasteiger partial charge in [-0.3, -0.25) is 9.89 Å². The van der Waals surface area contributed by atoms with Crippen molar-refractivity contribution in [3.8, 4) is 0 Å². The van der Waals surface area contributed by atoms with Crippen LogP contribution in [0.15, 0.2) is 36.4 Å². The van der Waals surface area contributed by atoms with Crippen LogP contribution < -0.4 is 5.32 Å². The van der Waals surface area contributed by atoms with Crippen molar-refractivity contribution in [1.29, 1.82) is 0 Å². The predicted molar refractivity (Wildman–Crippen MR) is 74.9 cm³/mol. The Balaban J connectivity index is 1.68. The van der Waals surface area contributed by atoms with Crippen molar-refractivity contribution in [2.75, 3.05) is 6.54 Å². The van der Waals surface area contributed by atoms with E-state index < -0.39 is 0 Å². The lowest BCUT2D eigenvalue weighted by Gasteiger charge is -2.17. The lowest BCUT2D eigenvalue weighted by molar-refractivity contribution is 0.0943. The minimum absolute atomic E-state index is 0.0907. The molecule has 0 radical (unpaired) electrons. The van der Waals surface area contributed by atoms with E-state index in [1.165, 1.54) is 0 Å². The highest BCUT2D eigenvalue weighted by Gasteiger charge is 2.16. The molecule has 0 saturated carbocycles. The van der Waals surface area contributed by atoms with Gasteiger partial charge < -0.3 is 5.32 Å². The van der Waals surface area contributed by atoms with Crippen LogP contribution in [-0.2, 0) is 0 Å². The number of allylic oxidation sites excluding steroid dienone is 2. The SMILES string of the molecule is O=C(NCC1CC=CCC1)c1n[nH]c2ccccc12. The van der Waals surface area contributed by atoms with Crippen LogP contribution in [0.2, 0.25) is 0 Å². The lowest BCUT2D eigenvalue weighted by Crippen LogP contribution is -2.30. The second-order valence-corrected chi connectivity index (χ2v) is 4.98. The molecule has 2 aromatic rings. The van der Waals surface area contributed by atoms with Crippen molar-refractivity contribution < 1.29 is 4.79 Å². The molecule has 3 rings (SSSR count). The molecular formula is C15H17N3O. The molecule has 1 aliphatic rings. The third-order valence-corrected chi connectivity index (χ3v) is 3.61. The molecule has 4 heteroatoms. The van der Waals surface area contributed by atoms with Crippen LogP contribution in [0.5, 0.6) is 0 Å². The van der Waals surface area contributed by atoms with Gasteiger partial charge in [0.05, 0.1) is 5.52 Å². The number of carbonyl (C=O) groups excluding carboxylic acids is 1. The minimum Gasteiger partial charge on any atom is -0.350 e. The molecule has 1 amide bonds. The van der Waals surface area contributed by atoms with Crippen molar-refractivity contribution in [2.24, 2.45) is 5.92 Å². The van der Waals surface area contributed by atoms with Crippen molar-refractivity contribution in [3.63, 3.8) is 0 Å². The largest absolute Gasteiger partial charge is 0.350 e. The molecule has 1 unspecified atom stereocenters. The van der Waals surface area contributed by atoms with Gasteiger partial charge in [0.1, 0.15) is 0 Å². The summed E-state index contributed by atoms with van der Waals surface area (Å²) in [6.45, 7) is 0.727. The number of nitrogens with zero attached hydrogens (tertiary/aromatic N) is 1. The highest BCUT2D eigenvalue weighted by Crippen LogP contribution is 2.18. The number of aromatic nitrogens is 2. The first-order chi connectivity index (χ1) is 9.34. The Bertz CT molecular complexity index is 615. The summed E-state index contributed by atoms with van der Waals surface area (Å²) >= 11 is 0. The van der Waals surface area contributed by atoms with E-state index in [1.807, 2.05) is 24.3 Å². The third kappa shape index (κ3) is 2.52. The van der Waals surface area contributed by atoms with Crippen LogP contribution in [0.25, 0.3) is 10.9 Å². The van der Waals surface area contributed by atoms with Gasteiger partial charge in [-0.05, 0) is 31.2 Å². The van der Waals surface area contributed by atoms with Gasteiger partial charge in [0.25, 0.3) is 5.91 Å². The first kappa shape index (κ1) is 12.0. The molecule has 2 N–H and O–H groups in total. The number of hydrogen-bond acceptors (Lipinski definition) is 2. The molecule has 1 heterocycles.